The average molecular weight is 126 g/mol. The molecule has 0 aromatic heterocycles. The fourth-order valence-electron chi connectivity index (χ4n) is 0. The summed E-state index contributed by atoms with van der Waals surface area (Å²) in [6, 6.07) is 0. The minimum atomic E-state index is -0.553. The van der Waals surface area contributed by atoms with Crippen molar-refractivity contribution in [3.05, 3.63) is 0 Å². The summed E-state index contributed by atoms with van der Waals surface area (Å²) < 4.78 is 10.9. The van der Waals surface area contributed by atoms with Gasteiger partial charge in [-0.2, -0.15) is 0 Å². The first kappa shape index (κ1) is 2.67. The maximum Gasteiger partial charge on any atom is 0.101 e. The predicted octanol–water partition coefficient (Wildman–Crippen LogP) is 0.985. The third-order valence-corrected chi connectivity index (χ3v) is 0.463. The first-order valence-corrected chi connectivity index (χ1v) is 1.78. The van der Waals surface area contributed by atoms with E-state index in [-0.39, 0.29) is 0 Å². The lowest BCUT2D eigenvalue weighted by molar-refractivity contribution is 0.263. The van der Waals surface area contributed by atoms with Crippen LogP contribution in [0.4, 0.5) is 0 Å². The summed E-state index contributed by atoms with van der Waals surface area (Å²) in [6.07, 6.45) is 0. The molecule has 0 bridgehead atoms. The molecule has 26 valence electrons. The van der Waals surface area contributed by atoms with E-state index in [0.29, 0.717) is 0 Å². The highest BCUT2D eigenvalue weighted by molar-refractivity contribution is 9.09. The van der Waals surface area contributed by atoms with E-state index >= 15 is 0 Å². The molecule has 0 aliphatic rings. The van der Waals surface area contributed by atoms with E-state index in [2.05, 4.69) is 20.7 Å². The number of alkyl halides is 1. The van der Waals surface area contributed by atoms with Crippen molar-refractivity contribution < 1.29 is 6.11 Å². The molecule has 0 aliphatic carbocycles. The van der Waals surface area contributed by atoms with Crippen LogP contribution in [0.2, 0.25) is 0 Å². The Hall–Kier alpha value is 0.440. The Morgan fingerprint density at radius 3 is 2.75 bits per heavy atom. The molecule has 0 spiro atoms. The summed E-state index contributed by atoms with van der Waals surface area (Å²) in [5.74, 6) is 0. The van der Waals surface area contributed by atoms with Gasteiger partial charge in [-0.05, 0) is 0 Å². The molecule has 0 radical (unpaired) electrons. The van der Waals surface area contributed by atoms with Gasteiger partial charge < -0.3 is 4.74 Å². The first-order valence-electron chi connectivity index (χ1n) is 1.44. The zero-order valence-electron chi connectivity index (χ0n) is 3.36. The maximum absolute atomic E-state index is 6.52. The Balaban J connectivity index is 2.54. The summed E-state index contributed by atoms with van der Waals surface area (Å²) in [5, 5.41) is 0. The van der Waals surface area contributed by atoms with Crippen molar-refractivity contribution in [1.82, 2.24) is 0 Å². The number of hydrogen-bond acceptors (Lipinski definition) is 1. The summed E-state index contributed by atoms with van der Waals surface area (Å²) >= 11 is 2.82. The van der Waals surface area contributed by atoms with Crippen molar-refractivity contribution in [2.24, 2.45) is 0 Å². The maximum atomic E-state index is 6.52. The molecule has 1 atom stereocenters. The Labute approximate surface area is 35.5 Å². The van der Waals surface area contributed by atoms with Crippen LogP contribution in [0.3, 0.4) is 0 Å². The molecule has 1 nitrogen and oxygen atoms in total. The molecule has 0 amide bonds. The first-order chi connectivity index (χ1) is 2.27. The van der Waals surface area contributed by atoms with Gasteiger partial charge in [0.25, 0.3) is 0 Å². The molecule has 0 fully saturated rings. The van der Waals surface area contributed by atoms with Crippen molar-refractivity contribution in [3.8, 4) is 0 Å². The molecule has 0 N–H and O–H groups in total. The second kappa shape index (κ2) is 3.44. The fraction of sp³-hybridized carbons (Fsp3) is 1.00. The molecule has 0 heterocycles. The van der Waals surface area contributed by atoms with Gasteiger partial charge in [-0.25, -0.2) is 0 Å². The second-order valence-electron chi connectivity index (χ2n) is 0.325. The summed E-state index contributed by atoms with van der Waals surface area (Å²) in [5.41, 5.74) is -0.553. The highest BCUT2D eigenvalue weighted by Crippen LogP contribution is 1.72. The van der Waals surface area contributed by atoms with E-state index in [1.54, 1.807) is 0 Å². The van der Waals surface area contributed by atoms with Gasteiger partial charge in [-0.3, -0.25) is 0 Å². The minimum Gasteiger partial charge on any atom is -0.373 e. The third kappa shape index (κ3) is 2.44. The Bertz CT molecular complexity index is 23.6. The molecule has 0 saturated carbocycles. The molecule has 0 aliphatic heterocycles. The lowest BCUT2D eigenvalue weighted by atomic mass is 11.6. The molecule has 0 aromatic carbocycles. The van der Waals surface area contributed by atoms with E-state index in [1.807, 2.05) is 0 Å². The summed E-state index contributed by atoms with van der Waals surface area (Å²) in [6.45, 7) is 0. The normalized spacial score (nSPS) is 19.0. The lowest BCUT2D eigenvalue weighted by Crippen LogP contribution is -1.68. The largest absolute Gasteiger partial charge is 0.373 e. The molecular formula is C2H5BrO. The van der Waals surface area contributed by atoms with E-state index < -0.39 is 5.49 Å². The predicted molar refractivity (Wildman–Crippen MR) is 20.8 cm³/mol. The van der Waals surface area contributed by atoms with Gasteiger partial charge in [0.1, 0.15) is 5.49 Å². The molecule has 0 saturated heterocycles. The van der Waals surface area contributed by atoms with Gasteiger partial charge in [0.05, 0.1) is 1.37 Å². The van der Waals surface area contributed by atoms with Gasteiger partial charge in [0.2, 0.25) is 0 Å². The Kier molecular flexibility index (Phi) is 2.29. The van der Waals surface area contributed by atoms with Crippen LogP contribution in [-0.4, -0.2) is 12.6 Å². The highest BCUT2D eigenvalue weighted by atomic mass is 79.9. The number of hydrogen-bond donors (Lipinski definition) is 0. The van der Waals surface area contributed by atoms with E-state index in [1.165, 1.54) is 7.11 Å². The number of rotatable bonds is 1. The Morgan fingerprint density at radius 1 is 2.50 bits per heavy atom. The van der Waals surface area contributed by atoms with Crippen molar-refractivity contribution in [2.75, 3.05) is 12.6 Å². The SMILES string of the molecule is [2H]C(Br)OC. The highest BCUT2D eigenvalue weighted by Gasteiger charge is 1.54. The zero-order chi connectivity index (χ0) is 4.28. The number of methoxy groups -OCH3 is 1. The van der Waals surface area contributed by atoms with Gasteiger partial charge in [0.15, 0.2) is 0 Å². The van der Waals surface area contributed by atoms with Crippen LogP contribution >= 0.6 is 15.9 Å². The van der Waals surface area contributed by atoms with Crippen molar-refractivity contribution in [2.45, 2.75) is 0 Å². The van der Waals surface area contributed by atoms with Crippen LogP contribution in [0, 0.1) is 0 Å². The molecular weight excluding hydrogens is 120 g/mol. The van der Waals surface area contributed by atoms with Crippen LogP contribution in [0.15, 0.2) is 0 Å². The lowest BCUT2D eigenvalue weighted by Gasteiger charge is -1.74. The molecule has 4 heavy (non-hydrogen) atoms. The number of ether oxygens (including phenoxy) is 1. The smallest absolute Gasteiger partial charge is 0.101 e. The fourth-order valence-corrected chi connectivity index (χ4v) is 0. The van der Waals surface area contributed by atoms with E-state index in [9.17, 15) is 0 Å². The van der Waals surface area contributed by atoms with Gasteiger partial charge in [-0.15, -0.1) is 0 Å². The van der Waals surface area contributed by atoms with Crippen molar-refractivity contribution in [1.29, 1.82) is 0 Å². The standard InChI is InChI=1S/C2H5BrO/c1-4-2-3/h2H2,1H3/i2D. The molecule has 0 aromatic rings. The topological polar surface area (TPSA) is 9.23 Å². The van der Waals surface area contributed by atoms with Crippen LogP contribution in [-0.2, 0) is 4.74 Å². The van der Waals surface area contributed by atoms with Crippen LogP contribution < -0.4 is 0 Å². The monoisotopic (exact) mass is 125 g/mol. The molecule has 2 heteroatoms. The Morgan fingerprint density at radius 2 is 2.75 bits per heavy atom. The second-order valence-corrected chi connectivity index (χ2v) is 0.699. The van der Waals surface area contributed by atoms with Gasteiger partial charge in [-0.1, -0.05) is 15.9 Å². The summed E-state index contributed by atoms with van der Waals surface area (Å²) in [4.78, 5) is 0. The van der Waals surface area contributed by atoms with Crippen molar-refractivity contribution >= 4 is 15.9 Å². The van der Waals surface area contributed by atoms with Crippen molar-refractivity contribution in [3.63, 3.8) is 0 Å². The third-order valence-electron chi connectivity index (χ3n) is 0.0891. The summed E-state index contributed by atoms with van der Waals surface area (Å²) in [7, 11) is 1.46. The average Bonchev–Trinajstić information content (AvgIpc) is 1.38. The van der Waals surface area contributed by atoms with E-state index in [0.717, 1.165) is 0 Å². The number of halogens is 1. The van der Waals surface area contributed by atoms with Crippen LogP contribution in [0.1, 0.15) is 1.37 Å². The van der Waals surface area contributed by atoms with Crippen LogP contribution in [0.25, 0.3) is 0 Å². The van der Waals surface area contributed by atoms with Gasteiger partial charge >= 0.3 is 0 Å². The van der Waals surface area contributed by atoms with Crippen LogP contribution in [0.5, 0.6) is 0 Å². The molecule has 1 unspecified atom stereocenters. The van der Waals surface area contributed by atoms with E-state index in [4.69, 9.17) is 1.37 Å². The zero-order valence-corrected chi connectivity index (χ0v) is 3.95. The minimum absolute atomic E-state index is 0.553. The van der Waals surface area contributed by atoms with Gasteiger partial charge in [0, 0.05) is 7.11 Å². The quantitative estimate of drug-likeness (QED) is 0.476. The molecule has 0 rings (SSSR count).